The number of nitrogens with zero attached hydrogens (tertiary/aromatic N) is 1. The molecule has 26 heavy (non-hydrogen) atoms. The average molecular weight is 389 g/mol. The standard InChI is InChI=1S/C18H29ClN2O5/c1-4-5-6-7-8-9-14-13(20-12(2)22)10-18(3)16(25-14)26-17(24)21(18)15(23)11-19/h13-14,16H,4-11H2,1-3H3,(H,20,22). The average Bonchev–Trinajstić information content (AvgIpc) is 2.82. The fourth-order valence-electron chi connectivity index (χ4n) is 3.85. The second kappa shape index (κ2) is 9.04. The third kappa shape index (κ3) is 4.49. The van der Waals surface area contributed by atoms with Crippen LogP contribution >= 0.6 is 11.6 Å². The van der Waals surface area contributed by atoms with Crippen LogP contribution in [0.25, 0.3) is 0 Å². The van der Waals surface area contributed by atoms with E-state index >= 15 is 0 Å². The molecule has 0 aliphatic carbocycles. The number of unbranched alkanes of at least 4 members (excludes halogenated alkanes) is 4. The molecule has 0 aromatic rings. The molecule has 2 aliphatic heterocycles. The molecule has 8 heteroatoms. The molecule has 4 atom stereocenters. The van der Waals surface area contributed by atoms with Crippen LogP contribution in [0.2, 0.25) is 0 Å². The van der Waals surface area contributed by atoms with E-state index < -0.39 is 23.8 Å². The van der Waals surface area contributed by atoms with Crippen LogP contribution in [0.5, 0.6) is 0 Å². The summed E-state index contributed by atoms with van der Waals surface area (Å²) >= 11 is 5.64. The van der Waals surface area contributed by atoms with Crippen LogP contribution in [0.1, 0.15) is 65.7 Å². The lowest BCUT2D eigenvalue weighted by atomic mass is 9.84. The Labute approximate surface area is 159 Å². The molecule has 2 fully saturated rings. The highest BCUT2D eigenvalue weighted by Crippen LogP contribution is 2.41. The SMILES string of the molecule is CCCCCCCC1OC2OC(=O)N(C(=O)CCl)C2(C)CC1NC(C)=O. The van der Waals surface area contributed by atoms with Gasteiger partial charge in [0.2, 0.25) is 18.1 Å². The molecule has 2 aliphatic rings. The van der Waals surface area contributed by atoms with Gasteiger partial charge in [-0.25, -0.2) is 9.69 Å². The minimum absolute atomic E-state index is 0.169. The van der Waals surface area contributed by atoms with E-state index in [9.17, 15) is 14.4 Å². The number of carbonyl (C=O) groups is 3. The number of hydrogen-bond acceptors (Lipinski definition) is 5. The largest absolute Gasteiger partial charge is 0.419 e. The third-order valence-corrected chi connectivity index (χ3v) is 5.36. The number of carbonyl (C=O) groups excluding carboxylic acids is 3. The fraction of sp³-hybridized carbons (Fsp3) is 0.833. The molecule has 0 saturated carbocycles. The lowest BCUT2D eigenvalue weighted by Gasteiger charge is -2.45. The van der Waals surface area contributed by atoms with E-state index in [0.717, 1.165) is 24.2 Å². The van der Waals surface area contributed by atoms with E-state index in [1.54, 1.807) is 6.92 Å². The molecule has 1 N–H and O–H groups in total. The second-order valence-electron chi connectivity index (χ2n) is 7.32. The van der Waals surface area contributed by atoms with E-state index in [0.29, 0.717) is 6.42 Å². The van der Waals surface area contributed by atoms with Gasteiger partial charge in [-0.3, -0.25) is 9.59 Å². The molecule has 4 unspecified atom stereocenters. The summed E-state index contributed by atoms with van der Waals surface area (Å²) in [5.74, 6) is -1.01. The molecule has 2 rings (SSSR count). The summed E-state index contributed by atoms with van der Waals surface area (Å²) in [7, 11) is 0. The van der Waals surface area contributed by atoms with Gasteiger partial charge < -0.3 is 14.8 Å². The smallest absolute Gasteiger partial charge is 0.416 e. The van der Waals surface area contributed by atoms with Crippen LogP contribution in [0.15, 0.2) is 0 Å². The summed E-state index contributed by atoms with van der Waals surface area (Å²) in [6, 6.07) is -0.292. The minimum atomic E-state index is -0.977. The molecule has 2 saturated heterocycles. The van der Waals surface area contributed by atoms with Crippen molar-refractivity contribution in [2.75, 3.05) is 5.88 Å². The molecule has 2 heterocycles. The summed E-state index contributed by atoms with van der Waals surface area (Å²) in [6.07, 6.45) is 4.93. The number of imide groups is 1. The van der Waals surface area contributed by atoms with Crippen molar-refractivity contribution >= 4 is 29.5 Å². The van der Waals surface area contributed by atoms with Gasteiger partial charge in [-0.05, 0) is 19.8 Å². The Morgan fingerprint density at radius 1 is 1.31 bits per heavy atom. The molecule has 0 aromatic carbocycles. The van der Waals surface area contributed by atoms with E-state index in [-0.39, 0.29) is 23.9 Å². The first-order valence-corrected chi connectivity index (χ1v) is 9.89. The van der Waals surface area contributed by atoms with Gasteiger partial charge in [0.05, 0.1) is 12.1 Å². The van der Waals surface area contributed by atoms with Crippen molar-refractivity contribution in [1.29, 1.82) is 0 Å². The number of nitrogens with one attached hydrogen (secondary N) is 1. The van der Waals surface area contributed by atoms with Gasteiger partial charge in [0.1, 0.15) is 11.4 Å². The monoisotopic (exact) mass is 388 g/mol. The number of ether oxygens (including phenoxy) is 2. The van der Waals surface area contributed by atoms with Crippen molar-refractivity contribution in [3.05, 3.63) is 0 Å². The van der Waals surface area contributed by atoms with Crippen LogP contribution in [-0.2, 0) is 19.1 Å². The van der Waals surface area contributed by atoms with Crippen molar-refractivity contribution < 1.29 is 23.9 Å². The van der Waals surface area contributed by atoms with Gasteiger partial charge in [-0.1, -0.05) is 39.0 Å². The summed E-state index contributed by atoms with van der Waals surface area (Å²) in [6.45, 7) is 5.35. The number of amides is 3. The zero-order valence-electron chi connectivity index (χ0n) is 15.8. The van der Waals surface area contributed by atoms with Gasteiger partial charge in [-0.2, -0.15) is 0 Å². The Morgan fingerprint density at radius 3 is 2.62 bits per heavy atom. The molecule has 148 valence electrons. The van der Waals surface area contributed by atoms with Gasteiger partial charge in [0.15, 0.2) is 0 Å². The van der Waals surface area contributed by atoms with Gasteiger partial charge in [-0.15, -0.1) is 11.6 Å². The summed E-state index contributed by atoms with van der Waals surface area (Å²) < 4.78 is 11.3. The maximum atomic E-state index is 12.2. The summed E-state index contributed by atoms with van der Waals surface area (Å²) in [4.78, 5) is 37.0. The molecule has 7 nitrogen and oxygen atoms in total. The minimum Gasteiger partial charge on any atom is -0.416 e. The number of hydrogen-bond donors (Lipinski definition) is 1. The van der Waals surface area contributed by atoms with Gasteiger partial charge in [0, 0.05) is 6.92 Å². The van der Waals surface area contributed by atoms with E-state index in [1.807, 2.05) is 0 Å². The van der Waals surface area contributed by atoms with Crippen molar-refractivity contribution in [3.63, 3.8) is 0 Å². The third-order valence-electron chi connectivity index (χ3n) is 5.13. The predicted molar refractivity (Wildman–Crippen MR) is 96.7 cm³/mol. The number of halogens is 1. The molecule has 0 bridgehead atoms. The molecule has 0 aromatic heterocycles. The van der Waals surface area contributed by atoms with Crippen molar-refractivity contribution in [2.24, 2.45) is 0 Å². The Morgan fingerprint density at radius 2 is 2.00 bits per heavy atom. The van der Waals surface area contributed by atoms with Crippen LogP contribution in [0.4, 0.5) is 4.79 Å². The normalized spacial score (nSPS) is 30.7. The molecular formula is C18H29ClN2O5. The quantitative estimate of drug-likeness (QED) is 0.510. The Bertz CT molecular complexity index is 544. The second-order valence-corrected chi connectivity index (χ2v) is 7.59. The highest BCUT2D eigenvalue weighted by atomic mass is 35.5. The molecular weight excluding hydrogens is 360 g/mol. The van der Waals surface area contributed by atoms with Gasteiger partial charge >= 0.3 is 6.09 Å². The van der Waals surface area contributed by atoms with Crippen LogP contribution in [0.3, 0.4) is 0 Å². The fourth-order valence-corrected chi connectivity index (χ4v) is 3.97. The lowest BCUT2D eigenvalue weighted by molar-refractivity contribution is -0.199. The highest BCUT2D eigenvalue weighted by Gasteiger charge is 2.60. The van der Waals surface area contributed by atoms with E-state index in [2.05, 4.69) is 12.2 Å². The summed E-state index contributed by atoms with van der Waals surface area (Å²) in [5.41, 5.74) is -0.977. The van der Waals surface area contributed by atoms with Crippen LogP contribution in [0, 0.1) is 0 Å². The number of fused-ring (bicyclic) bond motifs is 1. The van der Waals surface area contributed by atoms with Crippen molar-refractivity contribution in [3.8, 4) is 0 Å². The number of alkyl halides is 1. The van der Waals surface area contributed by atoms with Crippen molar-refractivity contribution in [2.45, 2.75) is 89.7 Å². The predicted octanol–water partition coefficient (Wildman–Crippen LogP) is 2.94. The highest BCUT2D eigenvalue weighted by molar-refractivity contribution is 6.28. The maximum absolute atomic E-state index is 12.2. The maximum Gasteiger partial charge on any atom is 0.419 e. The molecule has 0 spiro atoms. The zero-order valence-corrected chi connectivity index (χ0v) is 16.5. The Kier molecular flexibility index (Phi) is 7.29. The zero-order chi connectivity index (χ0) is 19.3. The first kappa shape index (κ1) is 21.0. The first-order valence-electron chi connectivity index (χ1n) is 9.35. The van der Waals surface area contributed by atoms with Crippen LogP contribution < -0.4 is 5.32 Å². The first-order chi connectivity index (χ1) is 12.3. The summed E-state index contributed by atoms with van der Waals surface area (Å²) in [5, 5.41) is 2.91. The van der Waals surface area contributed by atoms with Gasteiger partial charge in [0.25, 0.3) is 0 Å². The van der Waals surface area contributed by atoms with Crippen molar-refractivity contribution in [1.82, 2.24) is 10.2 Å². The lowest BCUT2D eigenvalue weighted by Crippen LogP contribution is -2.63. The number of rotatable bonds is 8. The van der Waals surface area contributed by atoms with Crippen LogP contribution in [-0.4, -0.2) is 52.7 Å². The molecule has 3 amide bonds. The molecule has 0 radical (unpaired) electrons. The topological polar surface area (TPSA) is 84.9 Å². The Balaban J connectivity index is 2.10. The van der Waals surface area contributed by atoms with E-state index in [1.165, 1.54) is 26.2 Å². The Hall–Kier alpha value is -1.34. The van der Waals surface area contributed by atoms with E-state index in [4.69, 9.17) is 21.1 Å².